The minimum absolute atomic E-state index is 0.0770. The van der Waals surface area contributed by atoms with Crippen LogP contribution in [0.3, 0.4) is 0 Å². The van der Waals surface area contributed by atoms with Crippen molar-refractivity contribution in [2.24, 2.45) is 5.73 Å². The monoisotopic (exact) mass is 307 g/mol. The highest BCUT2D eigenvalue weighted by Gasteiger charge is 2.15. The first-order valence-corrected chi connectivity index (χ1v) is 7.32. The lowest BCUT2D eigenvalue weighted by Gasteiger charge is -2.20. The Kier molecular flexibility index (Phi) is 6.81. The van der Waals surface area contributed by atoms with Gasteiger partial charge in [-0.05, 0) is 19.4 Å². The van der Waals surface area contributed by atoms with Crippen molar-refractivity contribution < 1.29 is 9.59 Å². The van der Waals surface area contributed by atoms with E-state index in [0.29, 0.717) is 18.1 Å². The Morgan fingerprint density at radius 1 is 1.24 bits per heavy atom. The summed E-state index contributed by atoms with van der Waals surface area (Å²) in [6.07, 6.45) is 0.255. The van der Waals surface area contributed by atoms with Gasteiger partial charge in [-0.2, -0.15) is 0 Å². The second-order valence-electron chi connectivity index (χ2n) is 4.60. The highest BCUT2D eigenvalue weighted by molar-refractivity contribution is 7.80. The Morgan fingerprint density at radius 3 is 2.33 bits per heavy atom. The summed E-state index contributed by atoms with van der Waals surface area (Å²) in [4.78, 5) is 25.6. The molecular weight excluding hydrogens is 286 g/mol. The number of hydrogen-bond acceptors (Lipinski definition) is 3. The molecule has 0 saturated heterocycles. The van der Waals surface area contributed by atoms with Crippen molar-refractivity contribution in [3.05, 3.63) is 35.4 Å². The summed E-state index contributed by atoms with van der Waals surface area (Å²) < 4.78 is 0. The summed E-state index contributed by atoms with van der Waals surface area (Å²) in [6, 6.07) is 7.24. The molecule has 1 rings (SSSR count). The molecule has 0 radical (unpaired) electrons. The van der Waals surface area contributed by atoms with Crippen molar-refractivity contribution in [3.63, 3.8) is 0 Å². The molecule has 0 fully saturated rings. The van der Waals surface area contributed by atoms with E-state index in [1.54, 1.807) is 12.1 Å². The lowest BCUT2D eigenvalue weighted by molar-refractivity contribution is -0.135. The molecule has 0 aliphatic heterocycles. The van der Waals surface area contributed by atoms with E-state index < -0.39 is 0 Å². The zero-order valence-electron chi connectivity index (χ0n) is 12.4. The molecule has 0 bridgehead atoms. The molecule has 0 heterocycles. The largest absolute Gasteiger partial charge is 0.389 e. The fourth-order valence-corrected chi connectivity index (χ4v) is 2.01. The van der Waals surface area contributed by atoms with Crippen LogP contribution in [0.1, 0.15) is 25.0 Å². The number of nitrogens with zero attached hydrogens (tertiary/aromatic N) is 1. The van der Waals surface area contributed by atoms with Crippen molar-refractivity contribution in [2.75, 3.05) is 19.6 Å². The quantitative estimate of drug-likeness (QED) is 0.732. The van der Waals surface area contributed by atoms with Gasteiger partial charge in [-0.15, -0.1) is 0 Å². The van der Waals surface area contributed by atoms with E-state index in [9.17, 15) is 9.59 Å². The molecule has 0 saturated carbocycles. The van der Waals surface area contributed by atoms with Crippen LogP contribution in [0.5, 0.6) is 0 Å². The van der Waals surface area contributed by atoms with Crippen molar-refractivity contribution in [2.45, 2.75) is 20.3 Å². The van der Waals surface area contributed by atoms with Crippen LogP contribution in [0.2, 0.25) is 0 Å². The van der Waals surface area contributed by atoms with Crippen LogP contribution in [-0.2, 0) is 16.0 Å². The number of amides is 2. The lowest BCUT2D eigenvalue weighted by Crippen LogP contribution is -2.41. The molecule has 1 aromatic rings. The standard InChI is InChI=1S/C15H21N3O2S/c1-3-17-13(19)10-18(4-2)14(20)9-11-5-7-12(8-6-11)15(16)21/h5-8H,3-4,9-10H2,1-2H3,(H2,16,21)(H,17,19). The van der Waals surface area contributed by atoms with E-state index in [0.717, 1.165) is 11.1 Å². The number of nitrogens with one attached hydrogen (secondary N) is 1. The maximum absolute atomic E-state index is 12.2. The maximum Gasteiger partial charge on any atom is 0.239 e. The second-order valence-corrected chi connectivity index (χ2v) is 5.04. The van der Waals surface area contributed by atoms with E-state index in [2.05, 4.69) is 5.32 Å². The summed E-state index contributed by atoms with van der Waals surface area (Å²) in [7, 11) is 0. The Morgan fingerprint density at radius 2 is 1.86 bits per heavy atom. The van der Waals surface area contributed by atoms with Gasteiger partial charge in [0.05, 0.1) is 13.0 Å². The molecule has 6 heteroatoms. The summed E-state index contributed by atoms with van der Waals surface area (Å²) >= 11 is 4.88. The molecule has 0 aliphatic rings. The highest BCUT2D eigenvalue weighted by atomic mass is 32.1. The predicted octanol–water partition coefficient (Wildman–Crippen LogP) is 0.848. The third-order valence-corrected chi connectivity index (χ3v) is 3.27. The minimum atomic E-state index is -0.142. The Balaban J connectivity index is 2.65. The second kappa shape index (κ2) is 8.36. The molecule has 2 amide bonds. The van der Waals surface area contributed by atoms with Crippen LogP contribution >= 0.6 is 12.2 Å². The average molecular weight is 307 g/mol. The predicted molar refractivity (Wildman–Crippen MR) is 87.0 cm³/mol. The maximum atomic E-state index is 12.2. The third kappa shape index (κ3) is 5.51. The SMILES string of the molecule is CCNC(=O)CN(CC)C(=O)Cc1ccc(C(N)=S)cc1. The molecule has 114 valence electrons. The van der Waals surface area contributed by atoms with Crippen molar-refractivity contribution >= 4 is 29.0 Å². The fraction of sp³-hybridized carbons (Fsp3) is 0.400. The molecule has 0 spiro atoms. The van der Waals surface area contributed by atoms with Crippen molar-refractivity contribution in [3.8, 4) is 0 Å². The van der Waals surface area contributed by atoms with Crippen LogP contribution in [0, 0.1) is 0 Å². The van der Waals surface area contributed by atoms with Gasteiger partial charge in [-0.1, -0.05) is 36.5 Å². The van der Waals surface area contributed by atoms with Gasteiger partial charge in [0.15, 0.2) is 0 Å². The van der Waals surface area contributed by atoms with Crippen LogP contribution in [-0.4, -0.2) is 41.3 Å². The zero-order valence-corrected chi connectivity index (χ0v) is 13.2. The van der Waals surface area contributed by atoms with Gasteiger partial charge in [-0.25, -0.2) is 0 Å². The van der Waals surface area contributed by atoms with Gasteiger partial charge >= 0.3 is 0 Å². The number of likely N-dealkylation sites (N-methyl/N-ethyl adjacent to an activating group) is 2. The summed E-state index contributed by atoms with van der Waals surface area (Å²) in [5.74, 6) is -0.219. The first-order chi connectivity index (χ1) is 9.97. The average Bonchev–Trinajstić information content (AvgIpc) is 2.45. The molecule has 0 unspecified atom stereocenters. The lowest BCUT2D eigenvalue weighted by atomic mass is 10.1. The summed E-state index contributed by atoms with van der Waals surface area (Å²) in [5, 5.41) is 2.69. The van der Waals surface area contributed by atoms with Crippen LogP contribution in [0.4, 0.5) is 0 Å². The molecule has 0 atom stereocenters. The molecule has 3 N–H and O–H groups in total. The first kappa shape index (κ1) is 17.1. The molecule has 0 aromatic heterocycles. The van der Waals surface area contributed by atoms with Crippen LogP contribution < -0.4 is 11.1 Å². The van der Waals surface area contributed by atoms with Crippen molar-refractivity contribution in [1.82, 2.24) is 10.2 Å². The minimum Gasteiger partial charge on any atom is -0.389 e. The Labute approximate surface area is 130 Å². The number of carbonyl (C=O) groups excluding carboxylic acids is 2. The molecule has 1 aromatic carbocycles. The summed E-state index contributed by atoms with van der Waals surface area (Å²) in [5.41, 5.74) is 7.17. The molecular formula is C15H21N3O2S. The Hall–Kier alpha value is -1.95. The van der Waals surface area contributed by atoms with E-state index in [1.807, 2.05) is 26.0 Å². The number of rotatable bonds is 7. The highest BCUT2D eigenvalue weighted by Crippen LogP contribution is 2.07. The summed E-state index contributed by atoms with van der Waals surface area (Å²) in [6.45, 7) is 4.85. The van der Waals surface area contributed by atoms with Crippen LogP contribution in [0.25, 0.3) is 0 Å². The van der Waals surface area contributed by atoms with E-state index >= 15 is 0 Å². The molecule has 5 nitrogen and oxygen atoms in total. The van der Waals surface area contributed by atoms with Gasteiger partial charge in [0, 0.05) is 18.7 Å². The van der Waals surface area contributed by atoms with E-state index in [-0.39, 0.29) is 24.8 Å². The van der Waals surface area contributed by atoms with Gasteiger partial charge in [0.1, 0.15) is 4.99 Å². The van der Waals surface area contributed by atoms with Gasteiger partial charge in [0.25, 0.3) is 0 Å². The smallest absolute Gasteiger partial charge is 0.239 e. The fourth-order valence-electron chi connectivity index (χ4n) is 1.88. The Bertz CT molecular complexity index is 514. The zero-order chi connectivity index (χ0) is 15.8. The number of carbonyl (C=O) groups is 2. The number of hydrogen-bond donors (Lipinski definition) is 2. The number of thiocarbonyl (C=S) groups is 1. The number of benzene rings is 1. The van der Waals surface area contributed by atoms with Gasteiger partial charge in [0.2, 0.25) is 11.8 Å². The normalized spacial score (nSPS) is 10.0. The van der Waals surface area contributed by atoms with Crippen LogP contribution in [0.15, 0.2) is 24.3 Å². The third-order valence-electron chi connectivity index (χ3n) is 3.04. The number of nitrogens with two attached hydrogens (primary N) is 1. The molecule has 0 aliphatic carbocycles. The van der Waals surface area contributed by atoms with Crippen molar-refractivity contribution in [1.29, 1.82) is 0 Å². The van der Waals surface area contributed by atoms with E-state index in [1.165, 1.54) is 4.90 Å². The van der Waals surface area contributed by atoms with Gasteiger partial charge < -0.3 is 16.0 Å². The van der Waals surface area contributed by atoms with Gasteiger partial charge in [-0.3, -0.25) is 9.59 Å². The first-order valence-electron chi connectivity index (χ1n) is 6.91. The van der Waals surface area contributed by atoms with E-state index in [4.69, 9.17) is 18.0 Å². The topological polar surface area (TPSA) is 75.4 Å². The molecule has 21 heavy (non-hydrogen) atoms.